The third-order valence-corrected chi connectivity index (χ3v) is 2.58. The molecule has 0 amide bonds. The van der Waals surface area contributed by atoms with E-state index in [0.29, 0.717) is 0 Å². The van der Waals surface area contributed by atoms with E-state index in [1.54, 1.807) is 18.5 Å². The maximum Gasteiger partial charge on any atom is 0.127 e. The van der Waals surface area contributed by atoms with Crippen LogP contribution in [0.1, 0.15) is 24.0 Å². The Balaban J connectivity index is 2.37. The van der Waals surface area contributed by atoms with Gasteiger partial charge in [-0.2, -0.15) is 0 Å². The SMILES string of the molecule is CC(c1ccncc1)c1ccccc1F. The Kier molecular flexibility index (Phi) is 2.77. The zero-order valence-corrected chi connectivity index (χ0v) is 8.52. The Bertz CT molecular complexity index is 439. The summed E-state index contributed by atoms with van der Waals surface area (Å²) in [5.41, 5.74) is 1.80. The van der Waals surface area contributed by atoms with Crippen LogP contribution in [0.2, 0.25) is 0 Å². The van der Waals surface area contributed by atoms with Crippen molar-refractivity contribution in [1.29, 1.82) is 0 Å². The first-order chi connectivity index (χ1) is 7.29. The van der Waals surface area contributed by atoms with E-state index < -0.39 is 0 Å². The first-order valence-corrected chi connectivity index (χ1v) is 4.93. The molecule has 1 unspecified atom stereocenters. The second kappa shape index (κ2) is 4.22. The highest BCUT2D eigenvalue weighted by atomic mass is 19.1. The minimum Gasteiger partial charge on any atom is -0.265 e. The summed E-state index contributed by atoms with van der Waals surface area (Å²) in [6, 6.07) is 10.7. The highest BCUT2D eigenvalue weighted by Gasteiger charge is 2.11. The number of hydrogen-bond acceptors (Lipinski definition) is 1. The number of benzene rings is 1. The van der Waals surface area contributed by atoms with Crippen LogP contribution >= 0.6 is 0 Å². The zero-order chi connectivity index (χ0) is 10.7. The molecule has 1 aromatic heterocycles. The molecular formula is C13H12FN. The molecule has 15 heavy (non-hydrogen) atoms. The smallest absolute Gasteiger partial charge is 0.127 e. The first kappa shape index (κ1) is 9.84. The number of halogens is 1. The lowest BCUT2D eigenvalue weighted by molar-refractivity contribution is 0.603. The van der Waals surface area contributed by atoms with Crippen LogP contribution in [0, 0.1) is 5.82 Å². The van der Waals surface area contributed by atoms with E-state index in [2.05, 4.69) is 4.98 Å². The molecule has 0 N–H and O–H groups in total. The maximum absolute atomic E-state index is 13.5. The van der Waals surface area contributed by atoms with E-state index in [4.69, 9.17) is 0 Å². The normalized spacial score (nSPS) is 12.4. The molecule has 1 nitrogen and oxygen atoms in total. The van der Waals surface area contributed by atoms with Crippen molar-refractivity contribution in [2.75, 3.05) is 0 Å². The van der Waals surface area contributed by atoms with Crippen molar-refractivity contribution >= 4 is 0 Å². The van der Waals surface area contributed by atoms with E-state index in [1.807, 2.05) is 31.2 Å². The largest absolute Gasteiger partial charge is 0.265 e. The number of aromatic nitrogens is 1. The number of rotatable bonds is 2. The molecule has 0 fully saturated rings. The molecule has 0 saturated heterocycles. The van der Waals surface area contributed by atoms with Crippen LogP contribution < -0.4 is 0 Å². The molecule has 1 atom stereocenters. The molecule has 0 aliphatic rings. The highest BCUT2D eigenvalue weighted by molar-refractivity contribution is 5.31. The van der Waals surface area contributed by atoms with Crippen molar-refractivity contribution < 1.29 is 4.39 Å². The Morgan fingerprint density at radius 2 is 1.73 bits per heavy atom. The van der Waals surface area contributed by atoms with Gasteiger partial charge < -0.3 is 0 Å². The molecule has 1 aromatic carbocycles. The fraction of sp³-hybridized carbons (Fsp3) is 0.154. The van der Waals surface area contributed by atoms with Gasteiger partial charge in [-0.05, 0) is 29.3 Å². The van der Waals surface area contributed by atoms with E-state index in [0.717, 1.165) is 11.1 Å². The van der Waals surface area contributed by atoms with Crippen molar-refractivity contribution in [1.82, 2.24) is 4.98 Å². The molecule has 2 aromatic rings. The fourth-order valence-electron chi connectivity index (χ4n) is 1.66. The van der Waals surface area contributed by atoms with Gasteiger partial charge >= 0.3 is 0 Å². The topological polar surface area (TPSA) is 12.9 Å². The highest BCUT2D eigenvalue weighted by Crippen LogP contribution is 2.25. The van der Waals surface area contributed by atoms with Gasteiger partial charge in [0.25, 0.3) is 0 Å². The van der Waals surface area contributed by atoms with E-state index in [1.165, 1.54) is 6.07 Å². The summed E-state index contributed by atoms with van der Waals surface area (Å²) in [5, 5.41) is 0. The van der Waals surface area contributed by atoms with Gasteiger partial charge in [0, 0.05) is 18.3 Å². The second-order valence-electron chi connectivity index (χ2n) is 3.52. The average Bonchev–Trinajstić information content (AvgIpc) is 2.30. The second-order valence-corrected chi connectivity index (χ2v) is 3.52. The third-order valence-electron chi connectivity index (χ3n) is 2.58. The van der Waals surface area contributed by atoms with Crippen molar-refractivity contribution in [2.45, 2.75) is 12.8 Å². The molecule has 0 saturated carbocycles. The molecule has 1 heterocycles. The first-order valence-electron chi connectivity index (χ1n) is 4.93. The number of nitrogens with zero attached hydrogens (tertiary/aromatic N) is 1. The molecule has 0 aliphatic heterocycles. The van der Waals surface area contributed by atoms with Gasteiger partial charge in [0.1, 0.15) is 5.82 Å². The molecule has 0 aliphatic carbocycles. The predicted molar refractivity (Wildman–Crippen MR) is 58.2 cm³/mol. The van der Waals surface area contributed by atoms with Crippen LogP contribution in [0.5, 0.6) is 0 Å². The summed E-state index contributed by atoms with van der Waals surface area (Å²) in [6.07, 6.45) is 3.46. The van der Waals surface area contributed by atoms with Gasteiger partial charge in [0.2, 0.25) is 0 Å². The predicted octanol–water partition coefficient (Wildman–Crippen LogP) is 3.37. The van der Waals surface area contributed by atoms with Crippen LogP contribution in [0.25, 0.3) is 0 Å². The Morgan fingerprint density at radius 1 is 1.07 bits per heavy atom. The van der Waals surface area contributed by atoms with Crippen molar-refractivity contribution in [3.63, 3.8) is 0 Å². The lowest BCUT2D eigenvalue weighted by Gasteiger charge is -2.12. The Labute approximate surface area is 88.6 Å². The van der Waals surface area contributed by atoms with Crippen LogP contribution in [-0.2, 0) is 0 Å². The maximum atomic E-state index is 13.5. The van der Waals surface area contributed by atoms with Crippen molar-refractivity contribution in [3.8, 4) is 0 Å². The van der Waals surface area contributed by atoms with Crippen LogP contribution in [0.15, 0.2) is 48.8 Å². The molecule has 0 spiro atoms. The van der Waals surface area contributed by atoms with Crippen LogP contribution in [0.4, 0.5) is 4.39 Å². The number of pyridine rings is 1. The van der Waals surface area contributed by atoms with Gasteiger partial charge in [-0.3, -0.25) is 4.98 Å². The molecule has 2 rings (SSSR count). The van der Waals surface area contributed by atoms with Crippen LogP contribution in [0.3, 0.4) is 0 Å². The number of hydrogen-bond donors (Lipinski definition) is 0. The van der Waals surface area contributed by atoms with E-state index in [-0.39, 0.29) is 11.7 Å². The van der Waals surface area contributed by atoms with Gasteiger partial charge in [-0.25, -0.2) is 4.39 Å². The molecule has 0 radical (unpaired) electrons. The summed E-state index contributed by atoms with van der Waals surface area (Å²) >= 11 is 0. The minimum absolute atomic E-state index is 0.0641. The third kappa shape index (κ3) is 2.04. The molecule has 0 bridgehead atoms. The standard InChI is InChI=1S/C13H12FN/c1-10(11-6-8-15-9-7-11)12-4-2-3-5-13(12)14/h2-10H,1H3. The van der Waals surface area contributed by atoms with Crippen molar-refractivity contribution in [3.05, 3.63) is 65.7 Å². The van der Waals surface area contributed by atoms with Gasteiger partial charge in [-0.15, -0.1) is 0 Å². The van der Waals surface area contributed by atoms with E-state index >= 15 is 0 Å². The lowest BCUT2D eigenvalue weighted by atomic mass is 9.94. The summed E-state index contributed by atoms with van der Waals surface area (Å²) in [4.78, 5) is 3.95. The van der Waals surface area contributed by atoms with Crippen LogP contribution in [-0.4, -0.2) is 4.98 Å². The Morgan fingerprint density at radius 3 is 2.40 bits per heavy atom. The van der Waals surface area contributed by atoms with Crippen molar-refractivity contribution in [2.24, 2.45) is 0 Å². The zero-order valence-electron chi connectivity index (χ0n) is 8.52. The quantitative estimate of drug-likeness (QED) is 0.725. The summed E-state index contributed by atoms with van der Waals surface area (Å²) in [7, 11) is 0. The minimum atomic E-state index is -0.151. The summed E-state index contributed by atoms with van der Waals surface area (Å²) in [6.45, 7) is 1.99. The van der Waals surface area contributed by atoms with Gasteiger partial charge in [-0.1, -0.05) is 25.1 Å². The Hall–Kier alpha value is -1.70. The summed E-state index contributed by atoms with van der Waals surface area (Å²) < 4.78 is 13.5. The molecular weight excluding hydrogens is 189 g/mol. The van der Waals surface area contributed by atoms with Gasteiger partial charge in [0.15, 0.2) is 0 Å². The van der Waals surface area contributed by atoms with Gasteiger partial charge in [0.05, 0.1) is 0 Å². The fourth-order valence-corrected chi connectivity index (χ4v) is 1.66. The summed E-state index contributed by atoms with van der Waals surface area (Å²) in [5.74, 6) is -0.0870. The molecule has 2 heteroatoms. The van der Waals surface area contributed by atoms with E-state index in [9.17, 15) is 4.39 Å². The average molecular weight is 201 g/mol. The lowest BCUT2D eigenvalue weighted by Crippen LogP contribution is -1.98. The monoisotopic (exact) mass is 201 g/mol. The molecule has 76 valence electrons.